The van der Waals surface area contributed by atoms with Crippen LogP contribution in [0.1, 0.15) is 12.5 Å². The minimum absolute atomic E-state index is 0.609. The third kappa shape index (κ3) is 2.27. The van der Waals surface area contributed by atoms with Crippen molar-refractivity contribution >= 4 is 22.7 Å². The van der Waals surface area contributed by atoms with Crippen LogP contribution < -0.4 is 9.64 Å². The van der Waals surface area contributed by atoms with Crippen LogP contribution in [0.4, 0.5) is 5.69 Å². The van der Waals surface area contributed by atoms with E-state index in [1.165, 1.54) is 0 Å². The number of hydrogen-bond acceptors (Lipinski definition) is 5. The molecule has 1 aromatic heterocycles. The zero-order valence-corrected chi connectivity index (χ0v) is 11.7. The molecule has 0 saturated heterocycles. The monoisotopic (exact) mass is 271 g/mol. The minimum Gasteiger partial charge on any atom is -0.501 e. The fraction of sp³-hybridized carbons (Fsp3) is 0.333. The smallest absolute Gasteiger partial charge is 0.258 e. The fourth-order valence-electron chi connectivity index (χ4n) is 2.28. The van der Waals surface area contributed by atoms with Crippen LogP contribution in [0.25, 0.3) is 17.0 Å². The van der Waals surface area contributed by atoms with E-state index >= 15 is 0 Å². The number of aromatic nitrogens is 2. The lowest BCUT2D eigenvalue weighted by Gasteiger charge is -2.27. The molecule has 20 heavy (non-hydrogen) atoms. The molecule has 0 fully saturated rings. The molecule has 5 nitrogen and oxygen atoms in total. The summed E-state index contributed by atoms with van der Waals surface area (Å²) >= 11 is 0. The fourth-order valence-corrected chi connectivity index (χ4v) is 2.28. The molecule has 104 valence electrons. The van der Waals surface area contributed by atoms with Crippen LogP contribution in [-0.4, -0.2) is 37.0 Å². The zero-order chi connectivity index (χ0) is 13.9. The first-order valence-corrected chi connectivity index (χ1v) is 6.72. The maximum atomic E-state index is 5.58. The molecule has 1 aliphatic heterocycles. The normalized spacial score (nSPS) is 14.4. The maximum absolute atomic E-state index is 5.58. The quantitative estimate of drug-likeness (QED) is 0.803. The van der Waals surface area contributed by atoms with E-state index in [1.54, 1.807) is 6.26 Å². The second kappa shape index (κ2) is 5.36. The Kier molecular flexibility index (Phi) is 3.41. The molecule has 0 N–H and O–H groups in total. The first kappa shape index (κ1) is 12.7. The van der Waals surface area contributed by atoms with Crippen molar-refractivity contribution in [2.75, 3.05) is 31.7 Å². The maximum Gasteiger partial charge on any atom is 0.258 e. The number of rotatable bonds is 3. The molecule has 2 aromatic rings. The first-order valence-electron chi connectivity index (χ1n) is 6.72. The Hall–Kier alpha value is -2.30. The topological polar surface area (TPSA) is 47.5 Å². The molecule has 0 amide bonds. The van der Waals surface area contributed by atoms with Gasteiger partial charge in [0.2, 0.25) is 0 Å². The summed E-state index contributed by atoms with van der Waals surface area (Å²) in [5, 5.41) is 9.41. The third-order valence-corrected chi connectivity index (χ3v) is 3.30. The predicted molar refractivity (Wildman–Crippen MR) is 79.0 cm³/mol. The van der Waals surface area contributed by atoms with Crippen molar-refractivity contribution in [3.05, 3.63) is 30.0 Å². The van der Waals surface area contributed by atoms with Gasteiger partial charge in [-0.3, -0.25) is 0 Å². The number of likely N-dealkylation sites (N-methyl/N-ethyl adjacent to an activating group) is 1. The van der Waals surface area contributed by atoms with Crippen molar-refractivity contribution in [2.45, 2.75) is 6.92 Å². The summed E-state index contributed by atoms with van der Waals surface area (Å²) in [6.07, 6.45) is 3.65. The molecule has 0 bridgehead atoms. The molecule has 5 heteroatoms. The Balaban J connectivity index is 2.09. The van der Waals surface area contributed by atoms with Gasteiger partial charge in [0.1, 0.15) is 12.3 Å². The standard InChI is InChI=1S/C15H17N3O2/c1-3-19-8-6-11-4-5-13-12(10-11)14-15(17-16-13)20-9-7-18(14)2/h4-6,8,10H,3,7,9H2,1-2H3/b8-6+. The molecule has 2 heterocycles. The lowest BCUT2D eigenvalue weighted by molar-refractivity contribution is 0.272. The van der Waals surface area contributed by atoms with Crippen molar-refractivity contribution in [1.29, 1.82) is 0 Å². The Morgan fingerprint density at radius 3 is 3.15 bits per heavy atom. The van der Waals surface area contributed by atoms with Crippen LogP contribution in [-0.2, 0) is 4.74 Å². The van der Waals surface area contributed by atoms with Gasteiger partial charge in [-0.1, -0.05) is 6.07 Å². The van der Waals surface area contributed by atoms with Crippen LogP contribution >= 0.6 is 0 Å². The SMILES string of the molecule is CCO/C=C/c1ccc2nnc3c(c2c1)N(C)CCO3. The molecule has 0 unspecified atom stereocenters. The van der Waals surface area contributed by atoms with E-state index in [0.29, 0.717) is 19.1 Å². The summed E-state index contributed by atoms with van der Waals surface area (Å²) in [4.78, 5) is 2.16. The average molecular weight is 271 g/mol. The van der Waals surface area contributed by atoms with Crippen LogP contribution in [0.2, 0.25) is 0 Å². The summed E-state index contributed by atoms with van der Waals surface area (Å²) in [7, 11) is 2.05. The molecule has 3 rings (SSSR count). The van der Waals surface area contributed by atoms with Crippen LogP contribution in [0, 0.1) is 0 Å². The summed E-state index contributed by atoms with van der Waals surface area (Å²) in [6.45, 7) is 4.13. The molecular formula is C15H17N3O2. The number of hydrogen-bond donors (Lipinski definition) is 0. The van der Waals surface area contributed by atoms with Crippen molar-refractivity contribution < 1.29 is 9.47 Å². The van der Waals surface area contributed by atoms with Crippen molar-refractivity contribution in [3.8, 4) is 5.88 Å². The second-order valence-electron chi connectivity index (χ2n) is 4.66. The summed E-state index contributed by atoms with van der Waals surface area (Å²) in [6, 6.07) is 6.06. The average Bonchev–Trinajstić information content (AvgIpc) is 2.47. The van der Waals surface area contributed by atoms with Gasteiger partial charge in [0, 0.05) is 12.4 Å². The molecule has 0 saturated carbocycles. The van der Waals surface area contributed by atoms with Crippen LogP contribution in [0.15, 0.2) is 24.5 Å². The summed E-state index contributed by atoms with van der Waals surface area (Å²) < 4.78 is 10.8. The van der Waals surface area contributed by atoms with E-state index in [9.17, 15) is 0 Å². The second-order valence-corrected chi connectivity index (χ2v) is 4.66. The van der Waals surface area contributed by atoms with Crippen molar-refractivity contribution in [1.82, 2.24) is 10.2 Å². The van der Waals surface area contributed by atoms with E-state index in [2.05, 4.69) is 21.2 Å². The largest absolute Gasteiger partial charge is 0.501 e. The first-order chi connectivity index (χ1) is 9.79. The van der Waals surface area contributed by atoms with Crippen LogP contribution in [0.5, 0.6) is 5.88 Å². The zero-order valence-electron chi connectivity index (χ0n) is 11.7. The van der Waals surface area contributed by atoms with Gasteiger partial charge in [0.25, 0.3) is 5.88 Å². The molecule has 0 aliphatic carbocycles. The summed E-state index contributed by atoms with van der Waals surface area (Å²) in [5.41, 5.74) is 2.95. The number of benzene rings is 1. The Morgan fingerprint density at radius 2 is 2.30 bits per heavy atom. The highest BCUT2D eigenvalue weighted by molar-refractivity contribution is 5.95. The Labute approximate surface area is 117 Å². The summed E-state index contributed by atoms with van der Waals surface area (Å²) in [5.74, 6) is 0.609. The van der Waals surface area contributed by atoms with E-state index in [0.717, 1.165) is 28.7 Å². The highest BCUT2D eigenvalue weighted by atomic mass is 16.5. The molecule has 0 atom stereocenters. The number of ether oxygens (including phenoxy) is 2. The highest BCUT2D eigenvalue weighted by Gasteiger charge is 2.20. The Morgan fingerprint density at radius 1 is 1.40 bits per heavy atom. The van der Waals surface area contributed by atoms with Crippen molar-refractivity contribution in [3.63, 3.8) is 0 Å². The number of nitrogens with zero attached hydrogens (tertiary/aromatic N) is 3. The van der Waals surface area contributed by atoms with Crippen molar-refractivity contribution in [2.24, 2.45) is 0 Å². The molecule has 0 spiro atoms. The van der Waals surface area contributed by atoms with Gasteiger partial charge >= 0.3 is 0 Å². The highest BCUT2D eigenvalue weighted by Crippen LogP contribution is 2.35. The van der Waals surface area contributed by atoms with Gasteiger partial charge in [0.15, 0.2) is 0 Å². The molecule has 1 aliphatic rings. The lowest BCUT2D eigenvalue weighted by atomic mass is 10.1. The molecule has 0 radical (unpaired) electrons. The van der Waals surface area contributed by atoms with Gasteiger partial charge in [0.05, 0.1) is 24.9 Å². The van der Waals surface area contributed by atoms with E-state index in [1.807, 2.05) is 32.2 Å². The minimum atomic E-state index is 0.609. The number of anilines is 1. The third-order valence-electron chi connectivity index (χ3n) is 3.30. The van der Waals surface area contributed by atoms with Gasteiger partial charge in [-0.25, -0.2) is 0 Å². The van der Waals surface area contributed by atoms with Gasteiger partial charge in [-0.05, 0) is 30.7 Å². The van der Waals surface area contributed by atoms with Gasteiger partial charge < -0.3 is 14.4 Å². The number of fused-ring (bicyclic) bond motifs is 3. The van der Waals surface area contributed by atoms with Gasteiger partial charge in [-0.15, -0.1) is 10.2 Å². The molecular weight excluding hydrogens is 254 g/mol. The lowest BCUT2D eigenvalue weighted by Crippen LogP contribution is -2.29. The predicted octanol–water partition coefficient (Wildman–Crippen LogP) is 2.47. The molecule has 1 aromatic carbocycles. The van der Waals surface area contributed by atoms with E-state index < -0.39 is 0 Å². The Bertz CT molecular complexity index is 655. The van der Waals surface area contributed by atoms with Gasteiger partial charge in [-0.2, -0.15) is 0 Å². The van der Waals surface area contributed by atoms with Crippen LogP contribution in [0.3, 0.4) is 0 Å². The van der Waals surface area contributed by atoms with E-state index in [-0.39, 0.29) is 0 Å². The van der Waals surface area contributed by atoms with E-state index in [4.69, 9.17) is 9.47 Å².